The van der Waals surface area contributed by atoms with Gasteiger partial charge in [0.2, 0.25) is 5.91 Å². The molecule has 3 amide bonds. The van der Waals surface area contributed by atoms with Gasteiger partial charge in [-0.05, 0) is 41.8 Å². The van der Waals surface area contributed by atoms with E-state index in [-0.39, 0.29) is 24.4 Å². The number of urea groups is 1. The monoisotopic (exact) mass is 343 g/mol. The molecule has 0 saturated carbocycles. The maximum Gasteiger partial charge on any atom is 0.312 e. The number of aryl methyl sites for hydroxylation is 1. The van der Waals surface area contributed by atoms with Gasteiger partial charge in [-0.15, -0.1) is 11.3 Å². The lowest BCUT2D eigenvalue weighted by Gasteiger charge is -2.27. The van der Waals surface area contributed by atoms with Crippen molar-refractivity contribution in [1.29, 1.82) is 0 Å². The largest absolute Gasteiger partial charge is 0.352 e. The van der Waals surface area contributed by atoms with Crippen molar-refractivity contribution in [2.24, 2.45) is 5.73 Å². The van der Waals surface area contributed by atoms with Crippen LogP contribution < -0.4 is 16.4 Å². The number of nitrogens with one attached hydrogen (secondary N) is 2. The van der Waals surface area contributed by atoms with E-state index in [2.05, 4.69) is 22.8 Å². The number of primary amides is 1. The Balaban J connectivity index is 1.67. The number of amides is 3. The summed E-state index contributed by atoms with van der Waals surface area (Å²) in [5.74, 6) is -0.0798. The summed E-state index contributed by atoms with van der Waals surface area (Å²) in [6.45, 7) is 0. The zero-order chi connectivity index (χ0) is 16.9. The Hall–Kier alpha value is -2.34. The van der Waals surface area contributed by atoms with Gasteiger partial charge in [0, 0.05) is 4.88 Å². The van der Waals surface area contributed by atoms with Crippen LogP contribution in [-0.4, -0.2) is 11.9 Å². The summed E-state index contributed by atoms with van der Waals surface area (Å²) in [5.41, 5.74) is 7.75. The van der Waals surface area contributed by atoms with Crippen LogP contribution in [0.1, 0.15) is 47.4 Å². The summed E-state index contributed by atoms with van der Waals surface area (Å²) >= 11 is 1.50. The van der Waals surface area contributed by atoms with E-state index in [0.717, 1.165) is 24.1 Å². The van der Waals surface area contributed by atoms with E-state index in [1.807, 2.05) is 29.6 Å². The van der Waals surface area contributed by atoms with Gasteiger partial charge in [-0.25, -0.2) is 4.79 Å². The Morgan fingerprint density at radius 1 is 1.25 bits per heavy atom. The van der Waals surface area contributed by atoms with E-state index in [0.29, 0.717) is 0 Å². The Kier molecular flexibility index (Phi) is 5.15. The maximum absolute atomic E-state index is 12.5. The topological polar surface area (TPSA) is 84.2 Å². The van der Waals surface area contributed by atoms with Crippen LogP contribution in [0.5, 0.6) is 0 Å². The Labute approximate surface area is 145 Å². The molecule has 0 saturated heterocycles. The Morgan fingerprint density at radius 3 is 2.83 bits per heavy atom. The number of fused-ring (bicyclic) bond motifs is 1. The highest BCUT2D eigenvalue weighted by atomic mass is 32.1. The van der Waals surface area contributed by atoms with Crippen LogP contribution in [0.3, 0.4) is 0 Å². The maximum atomic E-state index is 12.5. The Bertz CT molecular complexity index is 715. The van der Waals surface area contributed by atoms with Crippen LogP contribution in [0.4, 0.5) is 4.79 Å². The summed E-state index contributed by atoms with van der Waals surface area (Å²) in [5, 5.41) is 7.69. The molecule has 24 heavy (non-hydrogen) atoms. The molecule has 1 aliphatic rings. The first-order valence-electron chi connectivity index (χ1n) is 8.10. The molecule has 1 heterocycles. The average Bonchev–Trinajstić information content (AvgIpc) is 3.08. The number of benzene rings is 1. The second kappa shape index (κ2) is 7.49. The van der Waals surface area contributed by atoms with E-state index >= 15 is 0 Å². The third kappa shape index (κ3) is 3.94. The molecule has 6 heteroatoms. The van der Waals surface area contributed by atoms with Crippen LogP contribution in [0.15, 0.2) is 41.8 Å². The predicted molar refractivity (Wildman–Crippen MR) is 94.7 cm³/mol. The molecule has 0 fully saturated rings. The fraction of sp³-hybridized carbons (Fsp3) is 0.333. The number of hydrogen-bond acceptors (Lipinski definition) is 3. The standard InChI is InChI=1S/C18H21N3O2S/c19-18(23)21-15(16-9-4-10-24-16)11-17(22)20-14-8-3-6-12-5-1-2-7-13(12)14/h1-2,4-5,7,9-10,14-15H,3,6,8,11H2,(H,20,22)(H3,19,21,23)/t14-,15+/m1/s1. The first-order chi connectivity index (χ1) is 11.6. The van der Waals surface area contributed by atoms with E-state index in [9.17, 15) is 9.59 Å². The summed E-state index contributed by atoms with van der Waals surface area (Å²) in [6.07, 6.45) is 3.25. The fourth-order valence-electron chi connectivity index (χ4n) is 3.23. The molecule has 2 atom stereocenters. The lowest BCUT2D eigenvalue weighted by molar-refractivity contribution is -0.122. The third-order valence-corrected chi connectivity index (χ3v) is 5.28. The molecular formula is C18H21N3O2S. The molecule has 126 valence electrons. The summed E-state index contributed by atoms with van der Waals surface area (Å²) in [6, 6.07) is 11.1. The summed E-state index contributed by atoms with van der Waals surface area (Å²) < 4.78 is 0. The van der Waals surface area contributed by atoms with Gasteiger partial charge in [0.25, 0.3) is 0 Å². The van der Waals surface area contributed by atoms with Crippen molar-refractivity contribution in [2.75, 3.05) is 0 Å². The van der Waals surface area contributed by atoms with Gasteiger partial charge in [0.15, 0.2) is 0 Å². The molecule has 1 aromatic heterocycles. The Morgan fingerprint density at radius 2 is 2.08 bits per heavy atom. The number of hydrogen-bond donors (Lipinski definition) is 3. The normalized spacial score (nSPS) is 17.6. The van der Waals surface area contributed by atoms with Crippen molar-refractivity contribution in [3.8, 4) is 0 Å². The first kappa shape index (κ1) is 16.5. The molecule has 1 aliphatic carbocycles. The SMILES string of the molecule is NC(=O)N[C@@H](CC(=O)N[C@@H]1CCCc2ccccc21)c1cccs1. The average molecular weight is 343 g/mol. The van der Waals surface area contributed by atoms with Crippen LogP contribution >= 0.6 is 11.3 Å². The highest BCUT2D eigenvalue weighted by Gasteiger charge is 2.24. The highest BCUT2D eigenvalue weighted by Crippen LogP contribution is 2.30. The lowest BCUT2D eigenvalue weighted by Crippen LogP contribution is -2.37. The van der Waals surface area contributed by atoms with Crippen molar-refractivity contribution in [2.45, 2.75) is 37.8 Å². The molecule has 0 unspecified atom stereocenters. The van der Waals surface area contributed by atoms with Gasteiger partial charge >= 0.3 is 6.03 Å². The number of carbonyl (C=O) groups is 2. The van der Waals surface area contributed by atoms with Crippen LogP contribution in [0.2, 0.25) is 0 Å². The number of thiophene rings is 1. The molecular weight excluding hydrogens is 322 g/mol. The van der Waals surface area contributed by atoms with Gasteiger partial charge in [-0.2, -0.15) is 0 Å². The molecule has 5 nitrogen and oxygen atoms in total. The van der Waals surface area contributed by atoms with Crippen molar-refractivity contribution in [1.82, 2.24) is 10.6 Å². The molecule has 4 N–H and O–H groups in total. The van der Waals surface area contributed by atoms with Crippen LogP contribution in [0.25, 0.3) is 0 Å². The summed E-state index contributed by atoms with van der Waals surface area (Å²) in [4.78, 5) is 24.7. The van der Waals surface area contributed by atoms with Gasteiger partial charge in [0.1, 0.15) is 0 Å². The summed E-state index contributed by atoms with van der Waals surface area (Å²) in [7, 11) is 0. The first-order valence-corrected chi connectivity index (χ1v) is 8.98. The molecule has 0 spiro atoms. The van der Waals surface area contributed by atoms with Crippen molar-refractivity contribution in [3.05, 3.63) is 57.8 Å². The minimum absolute atomic E-state index is 0.0417. The van der Waals surface area contributed by atoms with Crippen molar-refractivity contribution >= 4 is 23.3 Å². The van der Waals surface area contributed by atoms with Gasteiger partial charge < -0.3 is 16.4 Å². The predicted octanol–water partition coefficient (Wildman–Crippen LogP) is 3.04. The van der Waals surface area contributed by atoms with Crippen LogP contribution in [-0.2, 0) is 11.2 Å². The van der Waals surface area contributed by atoms with Crippen LogP contribution in [0, 0.1) is 0 Å². The highest BCUT2D eigenvalue weighted by molar-refractivity contribution is 7.10. The molecule has 1 aromatic carbocycles. The van der Waals surface area contributed by atoms with E-state index in [1.165, 1.54) is 22.5 Å². The zero-order valence-corrected chi connectivity index (χ0v) is 14.1. The number of nitrogens with two attached hydrogens (primary N) is 1. The smallest absolute Gasteiger partial charge is 0.312 e. The molecule has 0 bridgehead atoms. The minimum Gasteiger partial charge on any atom is -0.352 e. The van der Waals surface area contributed by atoms with Crippen molar-refractivity contribution < 1.29 is 9.59 Å². The van der Waals surface area contributed by atoms with E-state index < -0.39 is 6.03 Å². The quantitative estimate of drug-likeness (QED) is 0.779. The van der Waals surface area contributed by atoms with E-state index in [1.54, 1.807) is 0 Å². The fourth-order valence-corrected chi connectivity index (χ4v) is 4.00. The second-order valence-corrected chi connectivity index (χ2v) is 6.97. The molecule has 3 rings (SSSR count). The van der Waals surface area contributed by atoms with E-state index in [4.69, 9.17) is 5.73 Å². The van der Waals surface area contributed by atoms with Gasteiger partial charge in [0.05, 0.1) is 18.5 Å². The minimum atomic E-state index is -0.621. The third-order valence-electron chi connectivity index (χ3n) is 4.30. The number of rotatable bonds is 5. The van der Waals surface area contributed by atoms with Gasteiger partial charge in [-0.1, -0.05) is 30.3 Å². The molecule has 0 radical (unpaired) electrons. The second-order valence-electron chi connectivity index (χ2n) is 5.99. The lowest BCUT2D eigenvalue weighted by atomic mass is 9.87. The molecule has 2 aromatic rings. The number of carbonyl (C=O) groups excluding carboxylic acids is 2. The molecule has 0 aliphatic heterocycles. The van der Waals surface area contributed by atoms with Gasteiger partial charge in [-0.3, -0.25) is 4.79 Å². The van der Waals surface area contributed by atoms with Crippen molar-refractivity contribution in [3.63, 3.8) is 0 Å². The zero-order valence-electron chi connectivity index (χ0n) is 13.3.